The highest BCUT2D eigenvalue weighted by molar-refractivity contribution is 5.24. The van der Waals surface area contributed by atoms with Crippen molar-refractivity contribution in [3.8, 4) is 11.8 Å². The summed E-state index contributed by atoms with van der Waals surface area (Å²) in [4.78, 5) is 0. The molecular formula is C27H44O. The van der Waals surface area contributed by atoms with Gasteiger partial charge >= 0.3 is 0 Å². The van der Waals surface area contributed by atoms with Crippen LogP contribution in [0.4, 0.5) is 0 Å². The van der Waals surface area contributed by atoms with E-state index in [0.717, 1.165) is 18.4 Å². The molecule has 1 heteroatoms. The average molecular weight is 385 g/mol. The summed E-state index contributed by atoms with van der Waals surface area (Å²) in [5, 5.41) is 0. The molecule has 0 aliphatic heterocycles. The van der Waals surface area contributed by atoms with Gasteiger partial charge in [-0.25, -0.2) is 0 Å². The van der Waals surface area contributed by atoms with Gasteiger partial charge in [-0.1, -0.05) is 69.9 Å². The van der Waals surface area contributed by atoms with Gasteiger partial charge in [0.05, 0.1) is 6.10 Å². The van der Waals surface area contributed by atoms with Crippen LogP contribution < -0.4 is 0 Å². The Kier molecular flexibility index (Phi) is 12.4. The molecule has 0 radical (unpaired) electrons. The lowest BCUT2D eigenvalue weighted by molar-refractivity contribution is 0.0204. The van der Waals surface area contributed by atoms with Gasteiger partial charge in [-0.3, -0.25) is 0 Å². The van der Waals surface area contributed by atoms with Gasteiger partial charge in [0.25, 0.3) is 0 Å². The van der Waals surface area contributed by atoms with E-state index in [0.29, 0.717) is 12.0 Å². The average Bonchev–Trinajstić information content (AvgIpc) is 2.74. The van der Waals surface area contributed by atoms with Gasteiger partial charge in [0.1, 0.15) is 0 Å². The smallest absolute Gasteiger partial charge is 0.0575 e. The van der Waals surface area contributed by atoms with Crippen molar-refractivity contribution in [1.29, 1.82) is 0 Å². The van der Waals surface area contributed by atoms with Crippen molar-refractivity contribution >= 4 is 0 Å². The normalized spacial score (nSPS) is 28.5. The summed E-state index contributed by atoms with van der Waals surface area (Å²) in [7, 11) is 0. The molecule has 0 N–H and O–H groups in total. The Labute approximate surface area is 175 Å². The Morgan fingerprint density at radius 3 is 1.86 bits per heavy atom. The second kappa shape index (κ2) is 14.9. The predicted octanol–water partition coefficient (Wildman–Crippen LogP) is 7.86. The van der Waals surface area contributed by atoms with Crippen molar-refractivity contribution in [2.45, 2.75) is 110 Å². The van der Waals surface area contributed by atoms with E-state index >= 15 is 0 Å². The number of allylic oxidation sites excluding steroid dienone is 4. The van der Waals surface area contributed by atoms with Crippen LogP contribution >= 0.6 is 0 Å². The Hall–Kier alpha value is -1.00. The zero-order valence-electron chi connectivity index (χ0n) is 18.6. The highest BCUT2D eigenvalue weighted by atomic mass is 16.5. The molecule has 0 heterocycles. The van der Waals surface area contributed by atoms with Crippen LogP contribution in [0.25, 0.3) is 0 Å². The lowest BCUT2D eigenvalue weighted by atomic mass is 9.80. The molecule has 28 heavy (non-hydrogen) atoms. The first-order chi connectivity index (χ1) is 13.8. The fraction of sp³-hybridized carbons (Fsp3) is 0.778. The van der Waals surface area contributed by atoms with Crippen LogP contribution in [0.3, 0.4) is 0 Å². The molecule has 1 nitrogen and oxygen atoms in total. The summed E-state index contributed by atoms with van der Waals surface area (Å²) in [5.74, 6) is 8.91. The molecule has 0 aromatic rings. The molecule has 0 bridgehead atoms. The van der Waals surface area contributed by atoms with Crippen LogP contribution in [0.2, 0.25) is 0 Å². The van der Waals surface area contributed by atoms with E-state index in [1.165, 1.54) is 89.9 Å². The summed E-state index contributed by atoms with van der Waals surface area (Å²) >= 11 is 0. The van der Waals surface area contributed by atoms with Gasteiger partial charge in [0, 0.05) is 6.61 Å². The van der Waals surface area contributed by atoms with Gasteiger partial charge in [-0.15, -0.1) is 0 Å². The summed E-state index contributed by atoms with van der Waals surface area (Å²) < 4.78 is 6.01. The summed E-state index contributed by atoms with van der Waals surface area (Å²) in [5.41, 5.74) is 0. The maximum Gasteiger partial charge on any atom is 0.0575 e. The maximum atomic E-state index is 6.01. The Morgan fingerprint density at radius 1 is 0.714 bits per heavy atom. The Morgan fingerprint density at radius 2 is 1.29 bits per heavy atom. The van der Waals surface area contributed by atoms with Gasteiger partial charge in [0.2, 0.25) is 0 Å². The quantitative estimate of drug-likeness (QED) is 0.275. The SMILES string of the molecule is CCCCCOC1CCC(C=CC#CC=CC2CCC(CCCC)CC2)CC1. The molecule has 2 rings (SSSR count). The topological polar surface area (TPSA) is 9.23 Å². The summed E-state index contributed by atoms with van der Waals surface area (Å²) in [6.45, 7) is 5.50. The first-order valence-electron chi connectivity index (χ1n) is 12.3. The van der Waals surface area contributed by atoms with Crippen LogP contribution in [0.1, 0.15) is 104 Å². The second-order valence-electron chi connectivity index (χ2n) is 9.04. The first-order valence-corrected chi connectivity index (χ1v) is 12.3. The van der Waals surface area contributed by atoms with Gasteiger partial charge in [-0.05, 0) is 87.7 Å². The molecule has 2 aliphatic rings. The van der Waals surface area contributed by atoms with Crippen molar-refractivity contribution < 1.29 is 4.74 Å². The van der Waals surface area contributed by atoms with Crippen LogP contribution in [0.5, 0.6) is 0 Å². The number of rotatable bonds is 10. The van der Waals surface area contributed by atoms with Crippen molar-refractivity contribution in [2.24, 2.45) is 17.8 Å². The Bertz CT molecular complexity index is 490. The molecule has 2 saturated carbocycles. The monoisotopic (exact) mass is 384 g/mol. The molecule has 158 valence electrons. The third-order valence-corrected chi connectivity index (χ3v) is 6.66. The molecule has 2 fully saturated rings. The maximum absolute atomic E-state index is 6.01. The zero-order chi connectivity index (χ0) is 19.9. The van der Waals surface area contributed by atoms with Crippen LogP contribution in [0, 0.1) is 29.6 Å². The van der Waals surface area contributed by atoms with Crippen molar-refractivity contribution in [1.82, 2.24) is 0 Å². The van der Waals surface area contributed by atoms with E-state index < -0.39 is 0 Å². The number of hydrogen-bond acceptors (Lipinski definition) is 1. The van der Waals surface area contributed by atoms with Gasteiger partial charge < -0.3 is 4.74 Å². The molecule has 0 aromatic carbocycles. The second-order valence-corrected chi connectivity index (χ2v) is 9.04. The van der Waals surface area contributed by atoms with E-state index in [9.17, 15) is 0 Å². The largest absolute Gasteiger partial charge is 0.378 e. The molecule has 0 spiro atoms. The van der Waals surface area contributed by atoms with Gasteiger partial charge in [-0.2, -0.15) is 0 Å². The number of unbranched alkanes of at least 4 members (excludes halogenated alkanes) is 3. The fourth-order valence-electron chi connectivity index (χ4n) is 4.68. The standard InChI is InChI=1S/C27H44O/c1-3-5-11-23-28-27-21-19-26(20-22-27)14-10-8-7-9-13-25-17-15-24(16-18-25)12-6-4-2/h9-10,13-14,24-27H,3-6,11-12,15-23H2,1-2H3. The lowest BCUT2D eigenvalue weighted by Gasteiger charge is -2.26. The molecule has 2 aliphatic carbocycles. The first kappa shape index (κ1) is 23.3. The van der Waals surface area contributed by atoms with Crippen LogP contribution in [-0.4, -0.2) is 12.7 Å². The number of ether oxygens (including phenoxy) is 1. The van der Waals surface area contributed by atoms with E-state index in [1.807, 2.05) is 0 Å². The predicted molar refractivity (Wildman–Crippen MR) is 122 cm³/mol. The molecule has 0 atom stereocenters. The molecule has 0 amide bonds. The van der Waals surface area contributed by atoms with E-state index in [2.05, 4.69) is 50.0 Å². The minimum atomic E-state index is 0.507. The highest BCUT2D eigenvalue weighted by Gasteiger charge is 2.20. The zero-order valence-corrected chi connectivity index (χ0v) is 18.6. The Balaban J connectivity index is 1.55. The summed E-state index contributed by atoms with van der Waals surface area (Å²) in [6, 6.07) is 0. The molecule has 0 aromatic heterocycles. The van der Waals surface area contributed by atoms with Crippen LogP contribution in [-0.2, 0) is 4.74 Å². The molecule has 0 saturated heterocycles. The molecular weight excluding hydrogens is 340 g/mol. The van der Waals surface area contributed by atoms with Crippen molar-refractivity contribution in [3.63, 3.8) is 0 Å². The van der Waals surface area contributed by atoms with Crippen LogP contribution in [0.15, 0.2) is 24.3 Å². The third-order valence-electron chi connectivity index (χ3n) is 6.66. The minimum absolute atomic E-state index is 0.507. The lowest BCUT2D eigenvalue weighted by Crippen LogP contribution is -2.21. The highest BCUT2D eigenvalue weighted by Crippen LogP contribution is 2.32. The molecule has 0 unspecified atom stereocenters. The van der Waals surface area contributed by atoms with E-state index in [1.54, 1.807) is 0 Å². The minimum Gasteiger partial charge on any atom is -0.378 e. The number of hydrogen-bond donors (Lipinski definition) is 0. The van der Waals surface area contributed by atoms with Gasteiger partial charge in [0.15, 0.2) is 0 Å². The van der Waals surface area contributed by atoms with E-state index in [4.69, 9.17) is 4.74 Å². The summed E-state index contributed by atoms with van der Waals surface area (Å²) in [6.07, 6.45) is 27.9. The van der Waals surface area contributed by atoms with Crippen molar-refractivity contribution in [2.75, 3.05) is 6.61 Å². The third kappa shape index (κ3) is 9.97. The van der Waals surface area contributed by atoms with Crippen molar-refractivity contribution in [3.05, 3.63) is 24.3 Å². The fourth-order valence-corrected chi connectivity index (χ4v) is 4.68. The van der Waals surface area contributed by atoms with E-state index in [-0.39, 0.29) is 0 Å².